The molecule has 360 valence electrons. The van der Waals surface area contributed by atoms with Crippen LogP contribution in [0.15, 0.2) is 24.3 Å². The third-order valence-electron chi connectivity index (χ3n) is 12.6. The summed E-state index contributed by atoms with van der Waals surface area (Å²) in [5.41, 5.74) is 0. The van der Waals surface area contributed by atoms with Gasteiger partial charge in [-0.05, 0) is 51.4 Å². The Kier molecular flexibility index (Phi) is 48.0. The van der Waals surface area contributed by atoms with E-state index in [-0.39, 0.29) is 24.9 Å². The van der Waals surface area contributed by atoms with Crippen molar-refractivity contribution in [3.05, 3.63) is 24.3 Å². The topological polar surface area (TPSA) is 95.9 Å². The number of rotatable bonds is 49. The van der Waals surface area contributed by atoms with Crippen molar-refractivity contribution in [3.8, 4) is 0 Å². The quantitative estimate of drug-likeness (QED) is 0.0322. The highest BCUT2D eigenvalue weighted by atomic mass is 16.5. The van der Waals surface area contributed by atoms with Crippen molar-refractivity contribution in [1.82, 2.24) is 5.32 Å². The molecule has 0 aliphatic rings. The number of unbranched alkanes of at least 4 members (excludes halogenated alkanes) is 34. The third kappa shape index (κ3) is 44.7. The molecule has 1 amide bonds. The first-order valence-electron chi connectivity index (χ1n) is 27.1. The summed E-state index contributed by atoms with van der Waals surface area (Å²) in [6.07, 6.45) is 56.6. The van der Waals surface area contributed by atoms with Gasteiger partial charge in [-0.2, -0.15) is 0 Å². The minimum atomic E-state index is -0.788. The highest BCUT2D eigenvalue weighted by Crippen LogP contribution is 2.18. The van der Waals surface area contributed by atoms with Gasteiger partial charge in [-0.15, -0.1) is 0 Å². The fraction of sp³-hybridized carbons (Fsp3) is 0.891. The Morgan fingerprint density at radius 3 is 1.21 bits per heavy atom. The van der Waals surface area contributed by atoms with E-state index in [1.807, 2.05) is 0 Å². The van der Waals surface area contributed by atoms with Gasteiger partial charge in [0.05, 0.1) is 25.2 Å². The molecule has 0 aromatic heterocycles. The number of aliphatic hydroxyl groups excluding tert-OH is 2. The Labute approximate surface area is 380 Å². The lowest BCUT2D eigenvalue weighted by atomic mass is 10.0. The second-order valence-electron chi connectivity index (χ2n) is 18.7. The predicted octanol–water partition coefficient (Wildman–Crippen LogP) is 16.3. The molecule has 0 heterocycles. The summed E-state index contributed by atoms with van der Waals surface area (Å²) in [5.74, 6) is -0.490. The van der Waals surface area contributed by atoms with Crippen LogP contribution in [0.25, 0.3) is 0 Å². The van der Waals surface area contributed by atoms with Gasteiger partial charge in [0.2, 0.25) is 5.91 Å². The Hall–Kier alpha value is -1.66. The molecular formula is C55H105NO5. The van der Waals surface area contributed by atoms with Crippen molar-refractivity contribution in [1.29, 1.82) is 0 Å². The lowest BCUT2D eigenvalue weighted by Gasteiger charge is -2.24. The van der Waals surface area contributed by atoms with Crippen LogP contribution < -0.4 is 5.32 Å². The van der Waals surface area contributed by atoms with Gasteiger partial charge in [0.1, 0.15) is 6.10 Å². The van der Waals surface area contributed by atoms with Crippen LogP contribution in [0.4, 0.5) is 0 Å². The zero-order chi connectivity index (χ0) is 44.5. The van der Waals surface area contributed by atoms with Crippen LogP contribution >= 0.6 is 0 Å². The average Bonchev–Trinajstić information content (AvgIpc) is 3.25. The minimum absolute atomic E-state index is 0.0725. The maximum absolute atomic E-state index is 13.2. The van der Waals surface area contributed by atoms with E-state index in [1.165, 1.54) is 186 Å². The number of hydrogen-bond acceptors (Lipinski definition) is 5. The van der Waals surface area contributed by atoms with Crippen molar-refractivity contribution >= 4 is 11.9 Å². The van der Waals surface area contributed by atoms with E-state index in [1.54, 1.807) is 0 Å². The van der Waals surface area contributed by atoms with Crippen LogP contribution in [0.3, 0.4) is 0 Å². The number of carbonyl (C=O) groups excluding carboxylic acids is 2. The van der Waals surface area contributed by atoms with Crippen molar-refractivity contribution in [2.24, 2.45) is 0 Å². The molecule has 0 spiro atoms. The molecule has 0 aliphatic carbocycles. The summed E-state index contributed by atoms with van der Waals surface area (Å²) in [6.45, 7) is 6.49. The molecule has 0 saturated heterocycles. The fourth-order valence-corrected chi connectivity index (χ4v) is 8.42. The molecular weight excluding hydrogens is 755 g/mol. The van der Waals surface area contributed by atoms with Gasteiger partial charge in [-0.25, -0.2) is 0 Å². The Morgan fingerprint density at radius 1 is 0.475 bits per heavy atom. The number of ether oxygens (including phenoxy) is 1. The number of allylic oxidation sites excluding steroid dienone is 4. The summed E-state index contributed by atoms with van der Waals surface area (Å²) in [5, 5.41) is 23.8. The number of aliphatic hydroxyl groups is 2. The van der Waals surface area contributed by atoms with E-state index in [4.69, 9.17) is 4.74 Å². The molecule has 61 heavy (non-hydrogen) atoms. The maximum Gasteiger partial charge on any atom is 0.306 e. The summed E-state index contributed by atoms with van der Waals surface area (Å²) in [4.78, 5) is 26.2. The zero-order valence-corrected chi connectivity index (χ0v) is 41.1. The molecule has 3 atom stereocenters. The Morgan fingerprint density at radius 2 is 0.820 bits per heavy atom. The van der Waals surface area contributed by atoms with Crippen LogP contribution in [0.2, 0.25) is 0 Å². The van der Waals surface area contributed by atoms with Gasteiger partial charge in [0, 0.05) is 6.42 Å². The van der Waals surface area contributed by atoms with E-state index >= 15 is 0 Å². The van der Waals surface area contributed by atoms with Crippen LogP contribution in [0.1, 0.15) is 290 Å². The molecule has 0 radical (unpaired) electrons. The Bertz CT molecular complexity index is 966. The van der Waals surface area contributed by atoms with Gasteiger partial charge in [-0.1, -0.05) is 251 Å². The van der Waals surface area contributed by atoms with Crippen LogP contribution in [0, 0.1) is 0 Å². The SMILES string of the molecule is CCCCCCCCC/C=C/C=C/CCCCCC(=O)OC(CCCCCCCCCCCCCC)CC(=O)NC(CO)C(O)CCCCCCCCCCCCCCCC. The fourth-order valence-electron chi connectivity index (χ4n) is 8.42. The van der Waals surface area contributed by atoms with Crippen LogP contribution in [0.5, 0.6) is 0 Å². The summed E-state index contributed by atoms with van der Waals surface area (Å²) in [6, 6.07) is -0.702. The van der Waals surface area contributed by atoms with E-state index in [0.29, 0.717) is 19.3 Å². The molecule has 0 rings (SSSR count). The number of hydrogen-bond donors (Lipinski definition) is 3. The second kappa shape index (κ2) is 49.4. The summed E-state index contributed by atoms with van der Waals surface area (Å²) >= 11 is 0. The predicted molar refractivity (Wildman–Crippen MR) is 264 cm³/mol. The van der Waals surface area contributed by atoms with E-state index in [9.17, 15) is 19.8 Å². The number of carbonyl (C=O) groups is 2. The van der Waals surface area contributed by atoms with Crippen molar-refractivity contribution in [2.45, 2.75) is 309 Å². The third-order valence-corrected chi connectivity index (χ3v) is 12.6. The number of esters is 1. The molecule has 6 nitrogen and oxygen atoms in total. The molecule has 0 aliphatic heterocycles. The molecule has 0 fully saturated rings. The average molecular weight is 860 g/mol. The monoisotopic (exact) mass is 860 g/mol. The van der Waals surface area contributed by atoms with Crippen molar-refractivity contribution < 1.29 is 24.5 Å². The largest absolute Gasteiger partial charge is 0.462 e. The molecule has 0 saturated carbocycles. The lowest BCUT2D eigenvalue weighted by Crippen LogP contribution is -2.46. The highest BCUT2D eigenvalue weighted by Gasteiger charge is 2.24. The summed E-state index contributed by atoms with van der Waals surface area (Å²) in [7, 11) is 0. The van der Waals surface area contributed by atoms with Crippen molar-refractivity contribution in [3.63, 3.8) is 0 Å². The standard InChI is InChI=1S/C55H105NO5/c1-4-7-10-13-16-19-22-25-27-28-30-33-36-39-42-45-48-55(60)61-51(46-43-40-37-34-31-24-21-18-15-12-9-6-3)49-54(59)56-52(50-57)53(58)47-44-41-38-35-32-29-26-23-20-17-14-11-8-5-2/h27-28,30,33,51-53,57-58H,4-26,29,31-32,34-50H2,1-3H3,(H,56,59)/b28-27+,33-30+. The molecule has 6 heteroatoms. The van der Waals surface area contributed by atoms with E-state index < -0.39 is 18.2 Å². The molecule has 0 bridgehead atoms. The first-order valence-corrected chi connectivity index (χ1v) is 27.1. The molecule has 3 unspecified atom stereocenters. The molecule has 0 aromatic rings. The summed E-state index contributed by atoms with van der Waals surface area (Å²) < 4.78 is 5.93. The zero-order valence-electron chi connectivity index (χ0n) is 41.1. The molecule has 0 aromatic carbocycles. The van der Waals surface area contributed by atoms with Gasteiger partial charge >= 0.3 is 5.97 Å². The van der Waals surface area contributed by atoms with Crippen LogP contribution in [-0.2, 0) is 14.3 Å². The van der Waals surface area contributed by atoms with E-state index in [0.717, 1.165) is 57.8 Å². The highest BCUT2D eigenvalue weighted by molar-refractivity contribution is 5.77. The normalized spacial score (nSPS) is 13.3. The van der Waals surface area contributed by atoms with Crippen LogP contribution in [-0.4, -0.2) is 46.9 Å². The smallest absolute Gasteiger partial charge is 0.306 e. The van der Waals surface area contributed by atoms with Gasteiger partial charge in [0.15, 0.2) is 0 Å². The first-order chi connectivity index (χ1) is 30.0. The van der Waals surface area contributed by atoms with Gasteiger partial charge < -0.3 is 20.3 Å². The van der Waals surface area contributed by atoms with Gasteiger partial charge in [-0.3, -0.25) is 9.59 Å². The van der Waals surface area contributed by atoms with Crippen molar-refractivity contribution in [2.75, 3.05) is 6.61 Å². The van der Waals surface area contributed by atoms with Gasteiger partial charge in [0.25, 0.3) is 0 Å². The van der Waals surface area contributed by atoms with E-state index in [2.05, 4.69) is 50.4 Å². The lowest BCUT2D eigenvalue weighted by molar-refractivity contribution is -0.151. The minimum Gasteiger partial charge on any atom is -0.462 e. The first kappa shape index (κ1) is 59.3. The number of nitrogens with one attached hydrogen (secondary N) is 1. The second-order valence-corrected chi connectivity index (χ2v) is 18.7. The molecule has 3 N–H and O–H groups in total. The Balaban J connectivity index is 4.55. The number of amides is 1. The maximum atomic E-state index is 13.2.